The lowest BCUT2D eigenvalue weighted by atomic mass is 10.1. The number of likely N-dealkylation sites (tertiary alicyclic amines) is 1. The molecule has 20 heavy (non-hydrogen) atoms. The highest BCUT2D eigenvalue weighted by Gasteiger charge is 2.16. The van der Waals surface area contributed by atoms with Gasteiger partial charge in [0.05, 0.1) is 0 Å². The second kappa shape index (κ2) is 6.75. The van der Waals surface area contributed by atoms with E-state index in [0.29, 0.717) is 18.0 Å². The second-order valence-corrected chi connectivity index (χ2v) is 5.82. The van der Waals surface area contributed by atoms with Crippen molar-refractivity contribution in [1.82, 2.24) is 10.2 Å². The average Bonchev–Trinajstić information content (AvgIpc) is 2.89. The zero-order valence-electron chi connectivity index (χ0n) is 12.4. The largest absolute Gasteiger partial charge is 0.508 e. The number of aryl methyl sites for hydroxylation is 1. The Balaban J connectivity index is 1.81. The molecule has 1 aliphatic rings. The highest BCUT2D eigenvalue weighted by Crippen LogP contribution is 2.15. The van der Waals surface area contributed by atoms with Crippen molar-refractivity contribution in [2.75, 3.05) is 26.2 Å². The minimum Gasteiger partial charge on any atom is -0.508 e. The first-order chi connectivity index (χ1) is 9.56. The van der Waals surface area contributed by atoms with Gasteiger partial charge < -0.3 is 15.3 Å². The molecule has 1 unspecified atom stereocenters. The van der Waals surface area contributed by atoms with Gasteiger partial charge in [0.1, 0.15) is 5.75 Å². The molecule has 1 aromatic rings. The highest BCUT2D eigenvalue weighted by atomic mass is 16.3. The molecular weight excluding hydrogens is 252 g/mol. The predicted molar refractivity (Wildman–Crippen MR) is 80.0 cm³/mol. The van der Waals surface area contributed by atoms with Crippen molar-refractivity contribution in [1.29, 1.82) is 0 Å². The average molecular weight is 276 g/mol. The molecular formula is C16H24N2O2. The number of amides is 1. The molecule has 1 aliphatic heterocycles. The molecule has 1 heterocycles. The summed E-state index contributed by atoms with van der Waals surface area (Å²) in [7, 11) is 0. The predicted octanol–water partition coefficient (Wildman–Crippen LogP) is 2.16. The van der Waals surface area contributed by atoms with Crippen LogP contribution in [0.3, 0.4) is 0 Å². The molecule has 1 saturated heterocycles. The minimum absolute atomic E-state index is 0.0595. The maximum Gasteiger partial charge on any atom is 0.251 e. The summed E-state index contributed by atoms with van der Waals surface area (Å²) in [6.07, 6.45) is 2.59. The number of aromatic hydroxyl groups is 1. The lowest BCUT2D eigenvalue weighted by molar-refractivity contribution is 0.0944. The molecule has 2 rings (SSSR count). The first-order valence-electron chi connectivity index (χ1n) is 7.36. The molecule has 0 spiro atoms. The molecule has 0 radical (unpaired) electrons. The van der Waals surface area contributed by atoms with E-state index in [2.05, 4.69) is 17.1 Å². The number of hydrogen-bond acceptors (Lipinski definition) is 3. The molecule has 4 heteroatoms. The van der Waals surface area contributed by atoms with Crippen LogP contribution in [0.1, 0.15) is 35.7 Å². The molecule has 0 saturated carbocycles. The van der Waals surface area contributed by atoms with Gasteiger partial charge in [0.2, 0.25) is 0 Å². The van der Waals surface area contributed by atoms with Crippen LogP contribution in [0.25, 0.3) is 0 Å². The Kier molecular flexibility index (Phi) is 5.01. The van der Waals surface area contributed by atoms with E-state index in [9.17, 15) is 9.90 Å². The Bertz CT molecular complexity index is 468. The number of nitrogens with one attached hydrogen (secondary N) is 1. The number of phenols is 1. The van der Waals surface area contributed by atoms with Gasteiger partial charge in [-0.1, -0.05) is 6.92 Å². The quantitative estimate of drug-likeness (QED) is 0.866. The van der Waals surface area contributed by atoms with E-state index >= 15 is 0 Å². The first-order valence-corrected chi connectivity index (χ1v) is 7.36. The fourth-order valence-corrected chi connectivity index (χ4v) is 2.74. The number of nitrogens with zero attached hydrogens (tertiary/aromatic N) is 1. The lowest BCUT2D eigenvalue weighted by Crippen LogP contribution is -2.34. The topological polar surface area (TPSA) is 52.6 Å². The van der Waals surface area contributed by atoms with Gasteiger partial charge in [-0.2, -0.15) is 0 Å². The molecule has 0 bridgehead atoms. The second-order valence-electron chi connectivity index (χ2n) is 5.82. The van der Waals surface area contributed by atoms with Crippen molar-refractivity contribution in [2.24, 2.45) is 5.92 Å². The van der Waals surface area contributed by atoms with E-state index in [4.69, 9.17) is 0 Å². The standard InChI is InChI=1S/C16H24N2O2/c1-12(11-18-7-3-4-8-18)10-17-16(20)15-6-5-14(19)9-13(15)2/h5-6,9,12,19H,3-4,7-8,10-11H2,1-2H3,(H,17,20). The Morgan fingerprint density at radius 1 is 1.40 bits per heavy atom. The van der Waals surface area contributed by atoms with Gasteiger partial charge in [-0.25, -0.2) is 0 Å². The number of rotatable bonds is 5. The van der Waals surface area contributed by atoms with Crippen LogP contribution in [-0.2, 0) is 0 Å². The van der Waals surface area contributed by atoms with Crippen molar-refractivity contribution >= 4 is 5.91 Å². The van der Waals surface area contributed by atoms with E-state index in [1.807, 2.05) is 6.92 Å². The van der Waals surface area contributed by atoms with E-state index in [1.165, 1.54) is 25.9 Å². The molecule has 2 N–H and O–H groups in total. The normalized spacial score (nSPS) is 17.1. The van der Waals surface area contributed by atoms with Crippen LogP contribution >= 0.6 is 0 Å². The summed E-state index contributed by atoms with van der Waals surface area (Å²) in [5.41, 5.74) is 1.44. The third-order valence-electron chi connectivity index (χ3n) is 3.83. The van der Waals surface area contributed by atoms with Crippen LogP contribution in [0.15, 0.2) is 18.2 Å². The highest BCUT2D eigenvalue weighted by molar-refractivity contribution is 5.95. The van der Waals surface area contributed by atoms with Crippen molar-refractivity contribution < 1.29 is 9.90 Å². The van der Waals surface area contributed by atoms with Crippen LogP contribution in [0.2, 0.25) is 0 Å². The molecule has 0 aromatic heterocycles. The fourth-order valence-electron chi connectivity index (χ4n) is 2.74. The van der Waals surface area contributed by atoms with Crippen LogP contribution in [0, 0.1) is 12.8 Å². The summed E-state index contributed by atoms with van der Waals surface area (Å²) in [6, 6.07) is 4.84. The lowest BCUT2D eigenvalue weighted by Gasteiger charge is -2.20. The SMILES string of the molecule is Cc1cc(O)ccc1C(=O)NCC(C)CN1CCCC1. The Morgan fingerprint density at radius 2 is 2.10 bits per heavy atom. The molecule has 1 aromatic carbocycles. The van der Waals surface area contributed by atoms with Gasteiger partial charge in [0, 0.05) is 18.7 Å². The summed E-state index contributed by atoms with van der Waals surface area (Å²) >= 11 is 0. The van der Waals surface area contributed by atoms with Gasteiger partial charge in [-0.15, -0.1) is 0 Å². The monoisotopic (exact) mass is 276 g/mol. The van der Waals surface area contributed by atoms with Gasteiger partial charge in [-0.05, 0) is 62.5 Å². The number of phenolic OH excluding ortho intramolecular Hbond substituents is 1. The minimum atomic E-state index is -0.0595. The number of carbonyl (C=O) groups is 1. The molecule has 1 fully saturated rings. The van der Waals surface area contributed by atoms with E-state index in [1.54, 1.807) is 18.2 Å². The summed E-state index contributed by atoms with van der Waals surface area (Å²) in [4.78, 5) is 14.6. The van der Waals surface area contributed by atoms with Gasteiger partial charge in [-0.3, -0.25) is 4.79 Å². The number of carbonyl (C=O) groups excluding carboxylic acids is 1. The summed E-state index contributed by atoms with van der Waals surface area (Å²) in [5, 5.41) is 12.3. The van der Waals surface area contributed by atoms with Crippen molar-refractivity contribution in [2.45, 2.75) is 26.7 Å². The summed E-state index contributed by atoms with van der Waals surface area (Å²) in [6.45, 7) is 8.12. The molecule has 4 nitrogen and oxygen atoms in total. The van der Waals surface area contributed by atoms with Gasteiger partial charge >= 0.3 is 0 Å². The molecule has 0 aliphatic carbocycles. The van der Waals surface area contributed by atoms with Gasteiger partial charge in [0.15, 0.2) is 0 Å². The number of hydrogen-bond donors (Lipinski definition) is 2. The molecule has 110 valence electrons. The van der Waals surface area contributed by atoms with Crippen LogP contribution < -0.4 is 5.32 Å². The van der Waals surface area contributed by atoms with Crippen LogP contribution in [-0.4, -0.2) is 42.1 Å². The Hall–Kier alpha value is -1.55. The van der Waals surface area contributed by atoms with Crippen LogP contribution in [0.5, 0.6) is 5.75 Å². The zero-order valence-corrected chi connectivity index (χ0v) is 12.4. The summed E-state index contributed by atoms with van der Waals surface area (Å²) < 4.78 is 0. The third-order valence-corrected chi connectivity index (χ3v) is 3.83. The smallest absolute Gasteiger partial charge is 0.251 e. The Morgan fingerprint density at radius 3 is 2.75 bits per heavy atom. The molecule has 1 amide bonds. The van der Waals surface area contributed by atoms with Crippen molar-refractivity contribution in [3.8, 4) is 5.75 Å². The maximum atomic E-state index is 12.1. The summed E-state index contributed by atoms with van der Waals surface area (Å²) in [5.74, 6) is 0.590. The Labute approximate surface area is 120 Å². The zero-order chi connectivity index (χ0) is 14.5. The van der Waals surface area contributed by atoms with Crippen LogP contribution in [0.4, 0.5) is 0 Å². The molecule has 1 atom stereocenters. The van der Waals surface area contributed by atoms with Crippen molar-refractivity contribution in [3.05, 3.63) is 29.3 Å². The van der Waals surface area contributed by atoms with Gasteiger partial charge in [0.25, 0.3) is 5.91 Å². The maximum absolute atomic E-state index is 12.1. The van der Waals surface area contributed by atoms with E-state index in [0.717, 1.165) is 12.1 Å². The number of benzene rings is 1. The first kappa shape index (κ1) is 14.9. The van der Waals surface area contributed by atoms with E-state index in [-0.39, 0.29) is 11.7 Å². The van der Waals surface area contributed by atoms with Crippen molar-refractivity contribution in [3.63, 3.8) is 0 Å². The fraction of sp³-hybridized carbons (Fsp3) is 0.562. The van der Waals surface area contributed by atoms with E-state index < -0.39 is 0 Å². The third kappa shape index (κ3) is 3.97.